The lowest BCUT2D eigenvalue weighted by Gasteiger charge is -2.27. The topological polar surface area (TPSA) is 64.3 Å². The monoisotopic (exact) mass is 377 g/mol. The minimum atomic E-state index is -0.588. The van der Waals surface area contributed by atoms with E-state index in [1.165, 1.54) is 0 Å². The van der Waals surface area contributed by atoms with Gasteiger partial charge < -0.3 is 23.7 Å². The van der Waals surface area contributed by atoms with Gasteiger partial charge >= 0.3 is 0 Å². The highest BCUT2D eigenvalue weighted by Crippen LogP contribution is 2.31. The second-order valence-corrected chi connectivity index (χ2v) is 6.99. The number of hydrogen-bond donors (Lipinski definition) is 1. The fourth-order valence-corrected chi connectivity index (χ4v) is 3.08. The molecule has 0 fully saturated rings. The molecule has 1 aromatic heterocycles. The van der Waals surface area contributed by atoms with Crippen LogP contribution in [0.2, 0.25) is 0 Å². The van der Waals surface area contributed by atoms with Crippen LogP contribution in [0.15, 0.2) is 41.0 Å². The summed E-state index contributed by atoms with van der Waals surface area (Å²) in [6.07, 6.45) is 1.02. The summed E-state index contributed by atoms with van der Waals surface area (Å²) in [4.78, 5) is 2.21. The quantitative estimate of drug-likeness (QED) is 0.612. The highest BCUT2D eigenvalue weighted by molar-refractivity contribution is 5.46. The molecule has 1 aromatic carbocycles. The molecule has 0 saturated heterocycles. The molecule has 27 heavy (non-hydrogen) atoms. The third-order valence-electron chi connectivity index (χ3n) is 4.11. The molecule has 0 aliphatic heterocycles. The molecule has 0 saturated carbocycles. The normalized spacial score (nSPS) is 12.6. The molecule has 0 amide bonds. The molecule has 0 unspecified atom stereocenters. The van der Waals surface area contributed by atoms with Crippen molar-refractivity contribution >= 4 is 0 Å². The molecule has 1 atom stereocenters. The third kappa shape index (κ3) is 6.90. The van der Waals surface area contributed by atoms with Crippen molar-refractivity contribution in [2.75, 3.05) is 33.9 Å². The number of nitrogens with zero attached hydrogens (tertiary/aromatic N) is 1. The van der Waals surface area contributed by atoms with Gasteiger partial charge in [0.05, 0.1) is 33.2 Å². The van der Waals surface area contributed by atoms with Crippen molar-refractivity contribution in [2.45, 2.75) is 33.1 Å². The van der Waals surface area contributed by atoms with Gasteiger partial charge in [0.1, 0.15) is 12.4 Å². The van der Waals surface area contributed by atoms with Gasteiger partial charge in [0.15, 0.2) is 11.5 Å². The van der Waals surface area contributed by atoms with Crippen molar-refractivity contribution in [2.24, 2.45) is 5.92 Å². The summed E-state index contributed by atoms with van der Waals surface area (Å²) >= 11 is 0. The van der Waals surface area contributed by atoms with Crippen LogP contribution in [0, 0.1) is 5.92 Å². The van der Waals surface area contributed by atoms with Crippen molar-refractivity contribution in [3.8, 4) is 11.5 Å². The van der Waals surface area contributed by atoms with Gasteiger partial charge in [-0.1, -0.05) is 26.0 Å². The Hall–Kier alpha value is -2.02. The van der Waals surface area contributed by atoms with Crippen LogP contribution in [0.5, 0.6) is 11.5 Å². The van der Waals surface area contributed by atoms with E-state index in [9.17, 15) is 5.11 Å². The maximum Gasteiger partial charge on any atom is 0.165 e. The number of methoxy groups -OCH3 is 2. The maximum absolute atomic E-state index is 10.4. The Morgan fingerprint density at radius 3 is 2.52 bits per heavy atom. The number of ether oxygens (including phenoxy) is 3. The summed E-state index contributed by atoms with van der Waals surface area (Å²) in [5.74, 6) is 2.67. The van der Waals surface area contributed by atoms with E-state index in [0.717, 1.165) is 23.6 Å². The number of aliphatic hydroxyl groups excluding tert-OH is 1. The van der Waals surface area contributed by atoms with E-state index in [2.05, 4.69) is 18.7 Å². The van der Waals surface area contributed by atoms with Gasteiger partial charge in [-0.15, -0.1) is 0 Å². The van der Waals surface area contributed by atoms with Gasteiger partial charge in [-0.2, -0.15) is 0 Å². The summed E-state index contributed by atoms with van der Waals surface area (Å²) in [6, 6.07) is 9.53. The number of furan rings is 1. The van der Waals surface area contributed by atoms with Crippen LogP contribution < -0.4 is 9.47 Å². The van der Waals surface area contributed by atoms with Gasteiger partial charge in [-0.05, 0) is 24.1 Å². The molecule has 0 spiro atoms. The summed E-state index contributed by atoms with van der Waals surface area (Å²) in [5.41, 5.74) is 1.03. The molecular weight excluding hydrogens is 346 g/mol. The molecule has 150 valence electrons. The lowest BCUT2D eigenvalue weighted by molar-refractivity contribution is 0.00213. The van der Waals surface area contributed by atoms with E-state index >= 15 is 0 Å². The molecule has 2 rings (SSSR count). The Morgan fingerprint density at radius 1 is 1.07 bits per heavy atom. The number of aliphatic hydroxyl groups is 1. The smallest absolute Gasteiger partial charge is 0.165 e. The average Bonchev–Trinajstić information content (AvgIpc) is 3.14. The van der Waals surface area contributed by atoms with Gasteiger partial charge in [-0.25, -0.2) is 0 Å². The van der Waals surface area contributed by atoms with Crippen LogP contribution in [-0.2, 0) is 17.9 Å². The molecule has 0 bridgehead atoms. The van der Waals surface area contributed by atoms with Gasteiger partial charge in [0, 0.05) is 25.2 Å². The molecule has 0 aliphatic rings. The first-order valence-electron chi connectivity index (χ1n) is 9.23. The van der Waals surface area contributed by atoms with Crippen molar-refractivity contribution in [3.63, 3.8) is 0 Å². The highest BCUT2D eigenvalue weighted by Gasteiger charge is 2.17. The predicted octanol–water partition coefficient (Wildman–Crippen LogP) is 3.33. The molecule has 6 heteroatoms. The third-order valence-corrected chi connectivity index (χ3v) is 4.11. The van der Waals surface area contributed by atoms with Crippen molar-refractivity contribution in [3.05, 3.63) is 47.9 Å². The first kappa shape index (κ1) is 21.3. The molecule has 0 aliphatic carbocycles. The Kier molecular flexibility index (Phi) is 8.64. The van der Waals surface area contributed by atoms with Crippen molar-refractivity contribution in [1.82, 2.24) is 4.90 Å². The van der Waals surface area contributed by atoms with E-state index < -0.39 is 6.10 Å². The number of benzene rings is 1. The zero-order chi connectivity index (χ0) is 19.6. The Labute approximate surface area is 161 Å². The number of rotatable bonds is 12. The van der Waals surface area contributed by atoms with Gasteiger partial charge in [-0.3, -0.25) is 4.90 Å². The van der Waals surface area contributed by atoms with E-state index in [0.29, 0.717) is 31.4 Å². The molecule has 0 radical (unpaired) electrons. The largest absolute Gasteiger partial charge is 0.493 e. The summed E-state index contributed by atoms with van der Waals surface area (Å²) < 4.78 is 21.7. The summed E-state index contributed by atoms with van der Waals surface area (Å²) in [5, 5.41) is 10.4. The van der Waals surface area contributed by atoms with Crippen molar-refractivity contribution in [1.29, 1.82) is 0 Å². The van der Waals surface area contributed by atoms with Crippen LogP contribution in [0.25, 0.3) is 0 Å². The standard InChI is InChI=1S/C21H31NO5/c1-16(2)11-22(12-17-7-5-9-20(24-3)21(17)25-4)13-18(23)14-26-15-19-8-6-10-27-19/h5-10,16,18,23H,11-15H2,1-4H3/t18-/m0/s1. The van der Waals surface area contributed by atoms with Crippen molar-refractivity contribution < 1.29 is 23.7 Å². The second-order valence-electron chi connectivity index (χ2n) is 6.99. The van der Waals surface area contributed by atoms with E-state index in [-0.39, 0.29) is 6.61 Å². The fourth-order valence-electron chi connectivity index (χ4n) is 3.08. The Balaban J connectivity index is 1.96. The molecule has 1 N–H and O–H groups in total. The van der Waals surface area contributed by atoms with E-state index in [4.69, 9.17) is 18.6 Å². The number of hydrogen-bond acceptors (Lipinski definition) is 6. The van der Waals surface area contributed by atoms with Crippen LogP contribution in [0.4, 0.5) is 0 Å². The minimum absolute atomic E-state index is 0.255. The van der Waals surface area contributed by atoms with Crippen LogP contribution >= 0.6 is 0 Å². The Morgan fingerprint density at radius 2 is 1.89 bits per heavy atom. The zero-order valence-electron chi connectivity index (χ0n) is 16.7. The molecule has 1 heterocycles. The maximum atomic E-state index is 10.4. The lowest BCUT2D eigenvalue weighted by atomic mass is 10.1. The van der Waals surface area contributed by atoms with Crippen LogP contribution in [0.3, 0.4) is 0 Å². The summed E-state index contributed by atoms with van der Waals surface area (Å²) in [7, 11) is 3.28. The highest BCUT2D eigenvalue weighted by atomic mass is 16.5. The zero-order valence-corrected chi connectivity index (χ0v) is 16.7. The minimum Gasteiger partial charge on any atom is -0.493 e. The van der Waals surface area contributed by atoms with E-state index in [1.54, 1.807) is 20.5 Å². The predicted molar refractivity (Wildman–Crippen MR) is 104 cm³/mol. The Bertz CT molecular complexity index is 657. The SMILES string of the molecule is COc1cccc(CN(CC(C)C)C[C@H](O)COCc2ccco2)c1OC. The second kappa shape index (κ2) is 11.0. The molecule has 2 aromatic rings. The summed E-state index contributed by atoms with van der Waals surface area (Å²) in [6.45, 7) is 6.97. The van der Waals surface area contributed by atoms with Gasteiger partial charge in [0.25, 0.3) is 0 Å². The average molecular weight is 377 g/mol. The molecular formula is C21H31NO5. The first-order chi connectivity index (χ1) is 13.0. The van der Waals surface area contributed by atoms with Crippen LogP contribution in [0.1, 0.15) is 25.2 Å². The van der Waals surface area contributed by atoms with Gasteiger partial charge in [0.2, 0.25) is 0 Å². The molecule has 6 nitrogen and oxygen atoms in total. The fraction of sp³-hybridized carbons (Fsp3) is 0.524. The lowest BCUT2D eigenvalue weighted by Crippen LogP contribution is -2.36. The van der Waals surface area contributed by atoms with E-state index in [1.807, 2.05) is 30.3 Å². The van der Waals surface area contributed by atoms with Crippen LogP contribution in [-0.4, -0.2) is 50.0 Å². The number of para-hydroxylation sites is 1. The first-order valence-corrected chi connectivity index (χ1v) is 9.23.